The highest BCUT2D eigenvalue weighted by Crippen LogP contribution is 2.29. The largest absolute Gasteiger partial charge is 0.482 e. The molecule has 2 heterocycles. The molecule has 0 saturated carbocycles. The van der Waals surface area contributed by atoms with Crippen LogP contribution in [-0.4, -0.2) is 36.6 Å². The summed E-state index contributed by atoms with van der Waals surface area (Å²) in [5, 5.41) is 0. The molecule has 0 aromatic carbocycles. The Kier molecular flexibility index (Phi) is 3.40. The molecule has 1 aromatic rings. The van der Waals surface area contributed by atoms with Gasteiger partial charge in [0.1, 0.15) is 17.0 Å². The molecule has 104 valence electrons. The van der Waals surface area contributed by atoms with E-state index < -0.39 is 10.0 Å². The third kappa shape index (κ3) is 3.33. The zero-order valence-electron chi connectivity index (χ0n) is 11.5. The van der Waals surface area contributed by atoms with Crippen LogP contribution in [0.1, 0.15) is 25.2 Å². The molecule has 0 atom stereocenters. The molecule has 6 heteroatoms. The Hall–Kier alpha value is -1.40. The molecule has 0 spiro atoms. The van der Waals surface area contributed by atoms with Gasteiger partial charge in [-0.1, -0.05) is 0 Å². The summed E-state index contributed by atoms with van der Waals surface area (Å²) in [6, 6.07) is 3.62. The normalized spacial score (nSPS) is 17.1. The van der Waals surface area contributed by atoms with Crippen LogP contribution in [0.25, 0.3) is 6.08 Å². The SMILES string of the molecule is CN(Cc1ccc2c(n1)C=CC(C)(C)O2)S(C)(=O)=O. The Morgan fingerprint density at radius 3 is 2.68 bits per heavy atom. The zero-order chi connectivity index (χ0) is 14.3. The smallest absolute Gasteiger partial charge is 0.211 e. The van der Waals surface area contributed by atoms with Gasteiger partial charge in [-0.05, 0) is 38.1 Å². The fraction of sp³-hybridized carbons (Fsp3) is 0.462. The Bertz CT molecular complexity index is 621. The molecule has 1 aliphatic heterocycles. The van der Waals surface area contributed by atoms with Crippen LogP contribution in [0.15, 0.2) is 18.2 Å². The van der Waals surface area contributed by atoms with Crippen LogP contribution in [0.2, 0.25) is 0 Å². The minimum atomic E-state index is -3.20. The van der Waals surface area contributed by atoms with Crippen LogP contribution in [0.4, 0.5) is 0 Å². The summed E-state index contributed by atoms with van der Waals surface area (Å²) in [5.41, 5.74) is 1.10. The van der Waals surface area contributed by atoms with Crippen molar-refractivity contribution < 1.29 is 13.2 Å². The fourth-order valence-electron chi connectivity index (χ4n) is 1.74. The van der Waals surface area contributed by atoms with Gasteiger partial charge in [0.2, 0.25) is 10.0 Å². The fourth-order valence-corrected chi connectivity index (χ4v) is 2.11. The van der Waals surface area contributed by atoms with Crippen molar-refractivity contribution in [2.24, 2.45) is 0 Å². The second kappa shape index (κ2) is 4.61. The number of rotatable bonds is 3. The van der Waals surface area contributed by atoms with Crippen molar-refractivity contribution in [2.45, 2.75) is 26.0 Å². The topological polar surface area (TPSA) is 59.5 Å². The van der Waals surface area contributed by atoms with Gasteiger partial charge >= 0.3 is 0 Å². The van der Waals surface area contributed by atoms with Crippen LogP contribution in [0.5, 0.6) is 5.75 Å². The van der Waals surface area contributed by atoms with Crippen LogP contribution in [-0.2, 0) is 16.6 Å². The molecule has 0 bridgehead atoms. The van der Waals surface area contributed by atoms with Gasteiger partial charge in [0.25, 0.3) is 0 Å². The van der Waals surface area contributed by atoms with Crippen LogP contribution < -0.4 is 4.74 Å². The quantitative estimate of drug-likeness (QED) is 0.846. The van der Waals surface area contributed by atoms with E-state index in [-0.39, 0.29) is 12.1 Å². The highest BCUT2D eigenvalue weighted by molar-refractivity contribution is 7.88. The predicted octanol–water partition coefficient (Wildman–Crippen LogP) is 1.66. The molecule has 19 heavy (non-hydrogen) atoms. The van der Waals surface area contributed by atoms with E-state index in [4.69, 9.17) is 4.74 Å². The molecule has 0 saturated heterocycles. The van der Waals surface area contributed by atoms with Gasteiger partial charge in [-0.2, -0.15) is 4.31 Å². The maximum Gasteiger partial charge on any atom is 0.211 e. The average molecular weight is 282 g/mol. The zero-order valence-corrected chi connectivity index (χ0v) is 12.4. The van der Waals surface area contributed by atoms with E-state index in [1.807, 2.05) is 32.1 Å². The van der Waals surface area contributed by atoms with Gasteiger partial charge in [0.05, 0.1) is 18.5 Å². The van der Waals surface area contributed by atoms with Crippen LogP contribution in [0.3, 0.4) is 0 Å². The number of aromatic nitrogens is 1. The van der Waals surface area contributed by atoms with Crippen LogP contribution in [0, 0.1) is 0 Å². The van der Waals surface area contributed by atoms with Crippen molar-refractivity contribution in [3.8, 4) is 5.75 Å². The first kappa shape index (κ1) is 14.0. The van der Waals surface area contributed by atoms with Gasteiger partial charge in [0.15, 0.2) is 0 Å². The summed E-state index contributed by atoms with van der Waals surface area (Å²) >= 11 is 0. The molecule has 5 nitrogen and oxygen atoms in total. The summed E-state index contributed by atoms with van der Waals surface area (Å²) in [6.45, 7) is 4.19. The Labute approximate surface area is 114 Å². The lowest BCUT2D eigenvalue weighted by molar-refractivity contribution is 0.158. The highest BCUT2D eigenvalue weighted by atomic mass is 32.2. The van der Waals surface area contributed by atoms with Crippen LogP contribution >= 0.6 is 0 Å². The summed E-state index contributed by atoms with van der Waals surface area (Å²) in [7, 11) is -1.66. The molecule has 0 aliphatic carbocycles. The van der Waals surface area contributed by atoms with E-state index in [1.165, 1.54) is 17.6 Å². The number of hydrogen-bond acceptors (Lipinski definition) is 4. The summed E-state index contributed by atoms with van der Waals surface area (Å²) in [6.07, 6.45) is 5.02. The van der Waals surface area contributed by atoms with Crippen molar-refractivity contribution in [3.05, 3.63) is 29.6 Å². The van der Waals surface area contributed by atoms with Gasteiger partial charge in [-0.25, -0.2) is 13.4 Å². The van der Waals surface area contributed by atoms with Gasteiger partial charge in [-0.15, -0.1) is 0 Å². The lowest BCUT2D eigenvalue weighted by atomic mass is 10.1. The third-order valence-corrected chi connectivity index (χ3v) is 4.17. The van der Waals surface area contributed by atoms with Crippen molar-refractivity contribution in [2.75, 3.05) is 13.3 Å². The molecule has 0 radical (unpaired) electrons. The lowest BCUT2D eigenvalue weighted by Crippen LogP contribution is -2.28. The summed E-state index contributed by atoms with van der Waals surface area (Å²) < 4.78 is 29.8. The Balaban J connectivity index is 2.24. The van der Waals surface area contributed by atoms with E-state index in [1.54, 1.807) is 6.07 Å². The maximum atomic E-state index is 11.4. The molecular weight excluding hydrogens is 264 g/mol. The van der Waals surface area contributed by atoms with E-state index in [2.05, 4.69) is 4.98 Å². The minimum Gasteiger partial charge on any atom is -0.482 e. The van der Waals surface area contributed by atoms with E-state index in [0.717, 1.165) is 11.4 Å². The molecule has 0 fully saturated rings. The van der Waals surface area contributed by atoms with Gasteiger partial charge in [0, 0.05) is 7.05 Å². The third-order valence-electron chi connectivity index (χ3n) is 2.91. The van der Waals surface area contributed by atoms with Crippen molar-refractivity contribution in [1.82, 2.24) is 9.29 Å². The molecule has 2 rings (SSSR count). The second-order valence-electron chi connectivity index (χ2n) is 5.24. The number of nitrogens with zero attached hydrogens (tertiary/aromatic N) is 2. The van der Waals surface area contributed by atoms with Crippen molar-refractivity contribution >= 4 is 16.1 Å². The standard InChI is InChI=1S/C13H18N2O3S/c1-13(2)8-7-11-12(18-13)6-5-10(14-11)9-15(3)19(4,16)17/h5-8H,9H2,1-4H3. The number of pyridine rings is 1. The molecular formula is C13H18N2O3S. The van der Waals surface area contributed by atoms with Gasteiger partial charge < -0.3 is 4.74 Å². The highest BCUT2D eigenvalue weighted by Gasteiger charge is 2.22. The Morgan fingerprint density at radius 1 is 1.37 bits per heavy atom. The maximum absolute atomic E-state index is 11.4. The molecule has 0 N–H and O–H groups in total. The minimum absolute atomic E-state index is 0.253. The second-order valence-corrected chi connectivity index (χ2v) is 7.33. The average Bonchev–Trinajstić information content (AvgIpc) is 2.27. The Morgan fingerprint density at radius 2 is 2.05 bits per heavy atom. The first-order valence-corrected chi connectivity index (χ1v) is 7.82. The van der Waals surface area contributed by atoms with E-state index >= 15 is 0 Å². The van der Waals surface area contributed by atoms with E-state index in [0.29, 0.717) is 5.69 Å². The first-order valence-electron chi connectivity index (χ1n) is 5.97. The number of fused-ring (bicyclic) bond motifs is 1. The molecule has 0 amide bonds. The molecule has 0 unspecified atom stereocenters. The summed E-state index contributed by atoms with van der Waals surface area (Å²) in [4.78, 5) is 4.41. The molecule has 1 aliphatic rings. The first-order chi connectivity index (χ1) is 8.67. The van der Waals surface area contributed by atoms with Crippen molar-refractivity contribution in [1.29, 1.82) is 0 Å². The molecule has 1 aromatic heterocycles. The number of ether oxygens (including phenoxy) is 1. The van der Waals surface area contributed by atoms with Gasteiger partial charge in [-0.3, -0.25) is 0 Å². The number of sulfonamides is 1. The monoisotopic (exact) mass is 282 g/mol. The number of hydrogen-bond donors (Lipinski definition) is 0. The lowest BCUT2D eigenvalue weighted by Gasteiger charge is -2.27. The predicted molar refractivity (Wildman–Crippen MR) is 74.3 cm³/mol. The van der Waals surface area contributed by atoms with E-state index in [9.17, 15) is 8.42 Å². The van der Waals surface area contributed by atoms with Crippen molar-refractivity contribution in [3.63, 3.8) is 0 Å². The summed E-state index contributed by atoms with van der Waals surface area (Å²) in [5.74, 6) is 0.721.